The Morgan fingerprint density at radius 3 is 2.55 bits per heavy atom. The lowest BCUT2D eigenvalue weighted by atomic mass is 9.94. The number of nitrogens with zero attached hydrogens (tertiary/aromatic N) is 1. The first-order valence-corrected chi connectivity index (χ1v) is 10.8. The Morgan fingerprint density at radius 1 is 1.16 bits per heavy atom. The summed E-state index contributed by atoms with van der Waals surface area (Å²) in [6, 6.07) is 15.8. The van der Waals surface area contributed by atoms with Crippen molar-refractivity contribution in [3.8, 4) is 5.75 Å². The lowest BCUT2D eigenvalue weighted by Gasteiger charge is -2.19. The van der Waals surface area contributed by atoms with E-state index in [1.807, 2.05) is 48.5 Å². The number of imidazole rings is 1. The number of aryl methyl sites for hydroxylation is 2. The van der Waals surface area contributed by atoms with Crippen molar-refractivity contribution in [2.75, 3.05) is 6.61 Å². The number of primary amides is 1. The summed E-state index contributed by atoms with van der Waals surface area (Å²) < 4.78 is 6.04. The van der Waals surface area contributed by atoms with E-state index in [-0.39, 0.29) is 11.6 Å². The fourth-order valence-electron chi connectivity index (χ4n) is 3.57. The third-order valence-corrected chi connectivity index (χ3v) is 5.66. The van der Waals surface area contributed by atoms with Crippen LogP contribution in [-0.2, 0) is 12.8 Å². The van der Waals surface area contributed by atoms with Crippen molar-refractivity contribution in [1.29, 1.82) is 0 Å². The quantitative estimate of drug-likeness (QED) is 0.387. The van der Waals surface area contributed by atoms with Gasteiger partial charge in [-0.05, 0) is 55.9 Å². The summed E-state index contributed by atoms with van der Waals surface area (Å²) in [4.78, 5) is 18.5. The number of benzene rings is 2. The standard InChI is InChI=1S/C24H28ClN3O3/c1-16(29)19(24-27-15-21(28-24)23(26)30)13-12-18-8-3-5-11-22(18)31-14-6-9-17-7-2-4-10-20(17)25/h2-5,7-8,10-11,15-16,19,29H,6,9,12-14H2,1H3,(H2,26,30)(H,27,28)/t16-,19-/m0/s1. The van der Waals surface area contributed by atoms with Crippen molar-refractivity contribution in [1.82, 2.24) is 9.97 Å². The molecule has 0 spiro atoms. The molecule has 2 atom stereocenters. The van der Waals surface area contributed by atoms with Crippen LogP contribution in [-0.4, -0.2) is 33.7 Å². The molecule has 0 saturated heterocycles. The van der Waals surface area contributed by atoms with Crippen LogP contribution in [0.25, 0.3) is 0 Å². The van der Waals surface area contributed by atoms with Crippen LogP contribution >= 0.6 is 11.6 Å². The zero-order valence-electron chi connectivity index (χ0n) is 17.6. The maximum Gasteiger partial charge on any atom is 0.268 e. The lowest BCUT2D eigenvalue weighted by molar-refractivity contribution is 0.0995. The van der Waals surface area contributed by atoms with Crippen LogP contribution in [0.2, 0.25) is 5.02 Å². The van der Waals surface area contributed by atoms with Crippen LogP contribution in [0.1, 0.15) is 53.1 Å². The number of nitrogens with two attached hydrogens (primary N) is 1. The maximum absolute atomic E-state index is 11.3. The van der Waals surface area contributed by atoms with Crippen LogP contribution in [0.4, 0.5) is 0 Å². The van der Waals surface area contributed by atoms with Gasteiger partial charge >= 0.3 is 0 Å². The van der Waals surface area contributed by atoms with E-state index >= 15 is 0 Å². The molecule has 0 aliphatic heterocycles. The third-order valence-electron chi connectivity index (χ3n) is 5.29. The van der Waals surface area contributed by atoms with Gasteiger partial charge in [-0.25, -0.2) is 4.98 Å². The van der Waals surface area contributed by atoms with Gasteiger partial charge in [0, 0.05) is 17.1 Å². The average molecular weight is 442 g/mol. The number of ether oxygens (including phenoxy) is 1. The predicted molar refractivity (Wildman–Crippen MR) is 122 cm³/mol. The van der Waals surface area contributed by atoms with Crippen molar-refractivity contribution >= 4 is 17.5 Å². The van der Waals surface area contributed by atoms with Gasteiger partial charge < -0.3 is 20.6 Å². The highest BCUT2D eigenvalue weighted by Gasteiger charge is 2.22. The number of aliphatic hydroxyl groups is 1. The van der Waals surface area contributed by atoms with E-state index < -0.39 is 12.0 Å². The highest BCUT2D eigenvalue weighted by molar-refractivity contribution is 6.31. The van der Waals surface area contributed by atoms with Crippen LogP contribution in [0, 0.1) is 0 Å². The minimum absolute atomic E-state index is 0.169. The van der Waals surface area contributed by atoms with Crippen molar-refractivity contribution < 1.29 is 14.6 Å². The summed E-state index contributed by atoms with van der Waals surface area (Å²) in [6.07, 6.45) is 3.90. The molecule has 0 bridgehead atoms. The lowest BCUT2D eigenvalue weighted by Crippen LogP contribution is -2.18. The topological polar surface area (TPSA) is 101 Å². The van der Waals surface area contributed by atoms with E-state index in [1.54, 1.807) is 6.92 Å². The number of aromatic amines is 1. The van der Waals surface area contributed by atoms with E-state index in [4.69, 9.17) is 22.1 Å². The highest BCUT2D eigenvalue weighted by Crippen LogP contribution is 2.27. The summed E-state index contributed by atoms with van der Waals surface area (Å²) in [5, 5.41) is 11.0. The Hall–Kier alpha value is -2.83. The number of aromatic nitrogens is 2. The summed E-state index contributed by atoms with van der Waals surface area (Å²) in [5.74, 6) is 0.550. The summed E-state index contributed by atoms with van der Waals surface area (Å²) in [7, 11) is 0. The number of H-pyrrole nitrogens is 1. The minimum atomic E-state index is -0.629. The molecule has 0 saturated carbocycles. The highest BCUT2D eigenvalue weighted by atomic mass is 35.5. The van der Waals surface area contributed by atoms with Crippen molar-refractivity contribution in [2.45, 2.75) is 44.6 Å². The number of amides is 1. The van der Waals surface area contributed by atoms with Crippen LogP contribution in [0.15, 0.2) is 54.7 Å². The molecule has 6 nitrogen and oxygen atoms in total. The Labute approximate surface area is 187 Å². The average Bonchev–Trinajstić information content (AvgIpc) is 3.23. The molecule has 2 aromatic carbocycles. The summed E-state index contributed by atoms with van der Waals surface area (Å²) >= 11 is 6.22. The third kappa shape index (κ3) is 6.32. The molecule has 4 N–H and O–H groups in total. The SMILES string of the molecule is C[C@H](O)[C@H](CCc1ccccc1OCCCc1ccccc1Cl)c1nc(C(N)=O)c[nH]1. The van der Waals surface area contributed by atoms with Crippen LogP contribution in [0.5, 0.6) is 5.75 Å². The number of para-hydroxylation sites is 1. The Kier molecular flexibility index (Phi) is 8.09. The number of hydrogen-bond acceptors (Lipinski definition) is 4. The van der Waals surface area contributed by atoms with Gasteiger partial charge in [0.15, 0.2) is 0 Å². The normalized spacial score (nSPS) is 13.0. The first kappa shape index (κ1) is 22.8. The van der Waals surface area contributed by atoms with E-state index in [0.717, 1.165) is 34.7 Å². The Bertz CT molecular complexity index is 1000. The second-order valence-electron chi connectivity index (χ2n) is 7.57. The smallest absolute Gasteiger partial charge is 0.268 e. The van der Waals surface area contributed by atoms with Crippen LogP contribution in [0.3, 0.4) is 0 Å². The fourth-order valence-corrected chi connectivity index (χ4v) is 3.80. The number of hydrogen-bond donors (Lipinski definition) is 3. The molecule has 0 radical (unpaired) electrons. The predicted octanol–water partition coefficient (Wildman–Crippen LogP) is 4.27. The molecular weight excluding hydrogens is 414 g/mol. The zero-order chi connectivity index (χ0) is 22.2. The second kappa shape index (κ2) is 11.0. The molecule has 0 aliphatic carbocycles. The van der Waals surface area contributed by atoms with Crippen molar-refractivity contribution in [3.63, 3.8) is 0 Å². The van der Waals surface area contributed by atoms with Crippen molar-refractivity contribution in [3.05, 3.63) is 82.4 Å². The number of carbonyl (C=O) groups excluding carboxylic acids is 1. The fraction of sp³-hybridized carbons (Fsp3) is 0.333. The zero-order valence-corrected chi connectivity index (χ0v) is 18.3. The van der Waals surface area contributed by atoms with E-state index in [2.05, 4.69) is 9.97 Å². The summed E-state index contributed by atoms with van der Waals surface area (Å²) in [5.41, 5.74) is 7.64. The van der Waals surface area contributed by atoms with E-state index in [9.17, 15) is 9.90 Å². The number of carbonyl (C=O) groups is 1. The molecule has 31 heavy (non-hydrogen) atoms. The van der Waals surface area contributed by atoms with Gasteiger partial charge in [0.25, 0.3) is 5.91 Å². The Balaban J connectivity index is 1.58. The molecule has 3 rings (SSSR count). The molecule has 0 aliphatic rings. The van der Waals surface area contributed by atoms with Gasteiger partial charge in [0.05, 0.1) is 12.7 Å². The molecule has 0 unspecified atom stereocenters. The Morgan fingerprint density at radius 2 is 1.87 bits per heavy atom. The van der Waals surface area contributed by atoms with Gasteiger partial charge in [-0.3, -0.25) is 4.79 Å². The summed E-state index contributed by atoms with van der Waals surface area (Å²) in [6.45, 7) is 2.30. The number of halogens is 1. The van der Waals surface area contributed by atoms with Gasteiger partial charge in [0.2, 0.25) is 0 Å². The maximum atomic E-state index is 11.3. The van der Waals surface area contributed by atoms with E-state index in [0.29, 0.717) is 25.3 Å². The first-order chi connectivity index (χ1) is 15.0. The molecule has 1 amide bonds. The molecule has 1 aromatic heterocycles. The van der Waals surface area contributed by atoms with Gasteiger partial charge in [-0.1, -0.05) is 48.0 Å². The van der Waals surface area contributed by atoms with Crippen molar-refractivity contribution in [2.24, 2.45) is 5.73 Å². The number of aliphatic hydroxyl groups excluding tert-OH is 1. The largest absolute Gasteiger partial charge is 0.493 e. The van der Waals surface area contributed by atoms with Gasteiger partial charge in [0.1, 0.15) is 17.3 Å². The van der Waals surface area contributed by atoms with Crippen LogP contribution < -0.4 is 10.5 Å². The minimum Gasteiger partial charge on any atom is -0.493 e. The van der Waals surface area contributed by atoms with Gasteiger partial charge in [-0.15, -0.1) is 0 Å². The number of nitrogens with one attached hydrogen (secondary N) is 1. The number of rotatable bonds is 11. The second-order valence-corrected chi connectivity index (χ2v) is 7.98. The molecule has 3 aromatic rings. The monoisotopic (exact) mass is 441 g/mol. The molecule has 1 heterocycles. The first-order valence-electron chi connectivity index (χ1n) is 10.4. The van der Waals surface area contributed by atoms with E-state index in [1.165, 1.54) is 6.20 Å². The molecule has 7 heteroatoms. The van der Waals surface area contributed by atoms with Gasteiger partial charge in [-0.2, -0.15) is 0 Å². The molecule has 164 valence electrons. The molecule has 0 fully saturated rings. The molecular formula is C24H28ClN3O3.